The average Bonchev–Trinajstić information content (AvgIpc) is 3.36. The van der Waals surface area contributed by atoms with Crippen molar-refractivity contribution in [2.24, 2.45) is 0 Å². The van der Waals surface area contributed by atoms with Crippen LogP contribution in [0, 0.1) is 0 Å². The van der Waals surface area contributed by atoms with E-state index in [1.807, 2.05) is 6.92 Å². The van der Waals surface area contributed by atoms with E-state index in [9.17, 15) is 9.90 Å². The predicted molar refractivity (Wildman–Crippen MR) is 96.8 cm³/mol. The molecule has 0 radical (unpaired) electrons. The first-order valence-corrected chi connectivity index (χ1v) is 8.68. The van der Waals surface area contributed by atoms with Crippen molar-refractivity contribution in [1.82, 2.24) is 33.9 Å². The van der Waals surface area contributed by atoms with Crippen molar-refractivity contribution < 1.29 is 10.2 Å². The molecule has 4 aromatic rings. The maximum Gasteiger partial charge on any atom is 0.274 e. The van der Waals surface area contributed by atoms with Crippen LogP contribution in [0.15, 0.2) is 29.7 Å². The molecular formula is C17H19N7O3. The second kappa shape index (κ2) is 6.89. The summed E-state index contributed by atoms with van der Waals surface area (Å²) in [5.74, 6) is 1.03. The Labute approximate surface area is 153 Å². The quantitative estimate of drug-likeness (QED) is 0.435. The number of H-pyrrole nitrogens is 1. The number of imidazole rings is 2. The van der Waals surface area contributed by atoms with Crippen LogP contribution >= 0.6 is 0 Å². The third-order valence-corrected chi connectivity index (χ3v) is 4.45. The highest BCUT2D eigenvalue weighted by atomic mass is 16.3. The lowest BCUT2D eigenvalue weighted by Crippen LogP contribution is -2.17. The number of aromatic amines is 1. The van der Waals surface area contributed by atoms with Crippen molar-refractivity contribution in [2.45, 2.75) is 32.3 Å². The summed E-state index contributed by atoms with van der Waals surface area (Å²) in [6, 6.07) is 0. The van der Waals surface area contributed by atoms with Crippen molar-refractivity contribution in [3.05, 3.63) is 46.8 Å². The van der Waals surface area contributed by atoms with Crippen molar-refractivity contribution in [3.8, 4) is 5.95 Å². The summed E-state index contributed by atoms with van der Waals surface area (Å²) in [7, 11) is 0. The number of aromatic nitrogens is 7. The molecule has 140 valence electrons. The van der Waals surface area contributed by atoms with E-state index in [4.69, 9.17) is 5.11 Å². The summed E-state index contributed by atoms with van der Waals surface area (Å²) in [5, 5.41) is 18.7. The topological polar surface area (TPSA) is 134 Å². The van der Waals surface area contributed by atoms with E-state index < -0.39 is 6.10 Å². The number of nitrogens with zero attached hydrogens (tertiary/aromatic N) is 6. The molecule has 0 spiro atoms. The van der Waals surface area contributed by atoms with Crippen LogP contribution in [0.3, 0.4) is 0 Å². The molecule has 4 heterocycles. The SMILES string of the molecule is CCc1nc(-n2ccnc2)nc2c1[nH]c(=O)c1cnc(CCC(O)CO)n12. The maximum absolute atomic E-state index is 12.5. The van der Waals surface area contributed by atoms with E-state index in [1.165, 1.54) is 6.20 Å². The van der Waals surface area contributed by atoms with Gasteiger partial charge in [0.2, 0.25) is 5.95 Å². The van der Waals surface area contributed by atoms with Gasteiger partial charge in [-0.1, -0.05) is 6.92 Å². The van der Waals surface area contributed by atoms with Crippen LogP contribution in [0.25, 0.3) is 22.6 Å². The Morgan fingerprint density at radius 2 is 2.19 bits per heavy atom. The second-order valence-electron chi connectivity index (χ2n) is 6.22. The van der Waals surface area contributed by atoms with Gasteiger partial charge in [-0.25, -0.2) is 15.0 Å². The zero-order chi connectivity index (χ0) is 19.0. The number of fused-ring (bicyclic) bond motifs is 3. The minimum atomic E-state index is -0.840. The van der Waals surface area contributed by atoms with E-state index in [0.717, 1.165) is 0 Å². The lowest BCUT2D eigenvalue weighted by atomic mass is 10.2. The van der Waals surface area contributed by atoms with Gasteiger partial charge in [-0.15, -0.1) is 0 Å². The predicted octanol–water partition coefficient (Wildman–Crippen LogP) is -0.000300. The fourth-order valence-corrected chi connectivity index (χ4v) is 3.05. The summed E-state index contributed by atoms with van der Waals surface area (Å²) < 4.78 is 3.39. The zero-order valence-electron chi connectivity index (χ0n) is 14.7. The van der Waals surface area contributed by atoms with E-state index >= 15 is 0 Å². The lowest BCUT2D eigenvalue weighted by Gasteiger charge is -2.11. The van der Waals surface area contributed by atoms with Gasteiger partial charge in [0.25, 0.3) is 5.56 Å². The minimum Gasteiger partial charge on any atom is -0.394 e. The molecule has 0 fully saturated rings. The Morgan fingerprint density at radius 1 is 1.33 bits per heavy atom. The van der Waals surface area contributed by atoms with Crippen LogP contribution in [0.4, 0.5) is 0 Å². The van der Waals surface area contributed by atoms with Crippen LogP contribution in [-0.2, 0) is 12.8 Å². The molecule has 0 saturated carbocycles. The zero-order valence-corrected chi connectivity index (χ0v) is 14.7. The number of hydrogen-bond donors (Lipinski definition) is 3. The first-order valence-electron chi connectivity index (χ1n) is 8.68. The monoisotopic (exact) mass is 369 g/mol. The summed E-state index contributed by atoms with van der Waals surface area (Å²) in [4.78, 5) is 32.9. The first-order chi connectivity index (χ1) is 13.1. The highest BCUT2D eigenvalue weighted by molar-refractivity contribution is 5.77. The highest BCUT2D eigenvalue weighted by Crippen LogP contribution is 2.18. The molecule has 3 N–H and O–H groups in total. The number of aliphatic hydroxyl groups is 2. The fraction of sp³-hybridized carbons (Fsp3) is 0.353. The summed E-state index contributed by atoms with van der Waals surface area (Å²) in [6.45, 7) is 1.63. The van der Waals surface area contributed by atoms with Gasteiger partial charge in [-0.3, -0.25) is 13.8 Å². The van der Waals surface area contributed by atoms with Gasteiger partial charge >= 0.3 is 0 Å². The standard InChI is InChI=1S/C17H19N7O3/c1-2-11-14-15(22-17(20-11)23-6-5-18-9-23)24-12(16(27)21-14)7-19-13(24)4-3-10(26)8-25/h5-7,9-10,25-26H,2-4,8H2,1H3,(H,21,27). The van der Waals surface area contributed by atoms with Crippen molar-refractivity contribution in [1.29, 1.82) is 0 Å². The Hall–Kier alpha value is -3.11. The molecule has 0 bridgehead atoms. The molecule has 1 atom stereocenters. The third-order valence-electron chi connectivity index (χ3n) is 4.45. The average molecular weight is 369 g/mol. The molecule has 0 aliphatic rings. The fourth-order valence-electron chi connectivity index (χ4n) is 3.05. The van der Waals surface area contributed by atoms with Crippen LogP contribution in [0.1, 0.15) is 24.9 Å². The number of aryl methyl sites for hydroxylation is 2. The Bertz CT molecular complexity index is 1150. The molecule has 1 unspecified atom stereocenters. The van der Waals surface area contributed by atoms with E-state index in [-0.39, 0.29) is 12.2 Å². The van der Waals surface area contributed by atoms with Crippen LogP contribution in [0.5, 0.6) is 0 Å². The second-order valence-corrected chi connectivity index (χ2v) is 6.22. The molecule has 0 amide bonds. The summed E-state index contributed by atoms with van der Waals surface area (Å²) >= 11 is 0. The van der Waals surface area contributed by atoms with Crippen LogP contribution in [-0.4, -0.2) is 56.8 Å². The molecule has 4 aromatic heterocycles. The Kier molecular flexibility index (Phi) is 4.42. The first kappa shape index (κ1) is 17.3. The molecule has 0 aliphatic heterocycles. The van der Waals surface area contributed by atoms with E-state index in [1.54, 1.807) is 27.7 Å². The number of nitrogens with one attached hydrogen (secondary N) is 1. The highest BCUT2D eigenvalue weighted by Gasteiger charge is 2.17. The van der Waals surface area contributed by atoms with Gasteiger partial charge in [0, 0.05) is 18.8 Å². The van der Waals surface area contributed by atoms with Crippen molar-refractivity contribution in [3.63, 3.8) is 0 Å². The smallest absolute Gasteiger partial charge is 0.274 e. The van der Waals surface area contributed by atoms with Crippen LogP contribution < -0.4 is 5.56 Å². The van der Waals surface area contributed by atoms with Crippen molar-refractivity contribution in [2.75, 3.05) is 6.61 Å². The number of aliphatic hydroxyl groups excluding tert-OH is 2. The minimum absolute atomic E-state index is 0.280. The van der Waals surface area contributed by atoms with Crippen LogP contribution in [0.2, 0.25) is 0 Å². The van der Waals surface area contributed by atoms with Gasteiger partial charge in [0.15, 0.2) is 5.65 Å². The van der Waals surface area contributed by atoms with Gasteiger partial charge in [0.1, 0.15) is 23.2 Å². The van der Waals surface area contributed by atoms with E-state index in [2.05, 4.69) is 24.9 Å². The third kappa shape index (κ3) is 2.98. The molecule has 0 aromatic carbocycles. The maximum atomic E-state index is 12.5. The van der Waals surface area contributed by atoms with Gasteiger partial charge in [-0.05, 0) is 12.8 Å². The van der Waals surface area contributed by atoms with Gasteiger partial charge in [-0.2, -0.15) is 4.98 Å². The van der Waals surface area contributed by atoms with E-state index in [0.29, 0.717) is 53.4 Å². The van der Waals surface area contributed by atoms with Gasteiger partial charge < -0.3 is 15.2 Å². The molecule has 10 nitrogen and oxygen atoms in total. The van der Waals surface area contributed by atoms with Gasteiger partial charge in [0.05, 0.1) is 24.6 Å². The Balaban J connectivity index is 1.98. The summed E-state index contributed by atoms with van der Waals surface area (Å²) in [6.07, 6.45) is 6.96. The summed E-state index contributed by atoms with van der Waals surface area (Å²) in [5.41, 5.74) is 1.88. The normalized spacial score (nSPS) is 12.9. The Morgan fingerprint density at radius 3 is 2.89 bits per heavy atom. The molecule has 27 heavy (non-hydrogen) atoms. The van der Waals surface area contributed by atoms with Crippen molar-refractivity contribution >= 4 is 16.7 Å². The molecular weight excluding hydrogens is 350 g/mol. The molecule has 0 saturated heterocycles. The number of rotatable bonds is 6. The largest absolute Gasteiger partial charge is 0.394 e. The molecule has 0 aliphatic carbocycles. The number of hydrogen-bond acceptors (Lipinski definition) is 7. The molecule has 10 heteroatoms. The molecule has 4 rings (SSSR count). The lowest BCUT2D eigenvalue weighted by molar-refractivity contribution is 0.0881.